The number of rotatable bonds is 5. The molecule has 15 heavy (non-hydrogen) atoms. The normalized spacial score (nSPS) is 21.7. The van der Waals surface area contributed by atoms with Crippen molar-refractivity contribution in [1.29, 1.82) is 0 Å². The van der Waals surface area contributed by atoms with Crippen LogP contribution in [0.25, 0.3) is 0 Å². The number of hydrogen-bond acceptors (Lipinski definition) is 3. The van der Waals surface area contributed by atoms with Gasteiger partial charge in [-0.15, -0.1) is 0 Å². The zero-order valence-electron chi connectivity index (χ0n) is 9.06. The van der Waals surface area contributed by atoms with Crippen LogP contribution in [0, 0.1) is 0 Å². The third kappa shape index (κ3) is 3.64. The highest BCUT2D eigenvalue weighted by molar-refractivity contribution is 4.73. The number of piperidine rings is 1. The van der Waals surface area contributed by atoms with E-state index in [2.05, 4.69) is 14.9 Å². The van der Waals surface area contributed by atoms with Gasteiger partial charge in [-0.3, -0.25) is 0 Å². The molecule has 1 fully saturated rings. The summed E-state index contributed by atoms with van der Waals surface area (Å²) in [6, 6.07) is 0. The molecule has 1 aliphatic heterocycles. The van der Waals surface area contributed by atoms with Crippen LogP contribution in [0.2, 0.25) is 0 Å². The summed E-state index contributed by atoms with van der Waals surface area (Å²) < 4.78 is 7.87. The first-order valence-corrected chi connectivity index (χ1v) is 5.73. The second kappa shape index (κ2) is 5.88. The van der Waals surface area contributed by atoms with Gasteiger partial charge in [0.25, 0.3) is 0 Å². The number of aromatic nitrogens is 2. The summed E-state index contributed by atoms with van der Waals surface area (Å²) >= 11 is 0. The Morgan fingerprint density at radius 2 is 2.53 bits per heavy atom. The lowest BCUT2D eigenvalue weighted by atomic mass is 10.1. The Labute approximate surface area is 90.6 Å². The fraction of sp³-hybridized carbons (Fsp3) is 0.727. The Morgan fingerprint density at radius 3 is 3.27 bits per heavy atom. The van der Waals surface area contributed by atoms with Crippen LogP contribution in [-0.4, -0.2) is 35.4 Å². The van der Waals surface area contributed by atoms with Crippen molar-refractivity contribution < 1.29 is 4.74 Å². The second-order valence-electron chi connectivity index (χ2n) is 3.99. The molecule has 1 aromatic rings. The molecule has 0 saturated carbocycles. The summed E-state index contributed by atoms with van der Waals surface area (Å²) in [6.45, 7) is 4.02. The van der Waals surface area contributed by atoms with Gasteiger partial charge in [0.2, 0.25) is 0 Å². The first-order valence-electron chi connectivity index (χ1n) is 5.73. The highest BCUT2D eigenvalue weighted by Crippen LogP contribution is 2.06. The number of nitrogens with zero attached hydrogens (tertiary/aromatic N) is 2. The Bertz CT molecular complexity index is 255. The van der Waals surface area contributed by atoms with Gasteiger partial charge < -0.3 is 14.6 Å². The highest BCUT2D eigenvalue weighted by atomic mass is 16.5. The van der Waals surface area contributed by atoms with E-state index in [9.17, 15) is 0 Å². The van der Waals surface area contributed by atoms with E-state index in [0.717, 1.165) is 32.7 Å². The van der Waals surface area contributed by atoms with Crippen LogP contribution in [0.15, 0.2) is 18.7 Å². The molecule has 0 bridgehead atoms. The molecule has 0 aromatic carbocycles. The average molecular weight is 209 g/mol. The van der Waals surface area contributed by atoms with E-state index in [1.54, 1.807) is 0 Å². The van der Waals surface area contributed by atoms with E-state index in [1.807, 2.05) is 18.7 Å². The standard InChI is InChI=1S/C11H19N3O/c1-3-11(9-12-4-1)15-8-2-6-14-7-5-13-10-14/h5,7,10-12H,1-4,6,8-9H2/t11-/m0/s1. The molecule has 2 rings (SSSR count). The Hall–Kier alpha value is -0.870. The molecule has 2 heterocycles. The van der Waals surface area contributed by atoms with E-state index in [4.69, 9.17) is 4.74 Å². The summed E-state index contributed by atoms with van der Waals surface area (Å²) in [5, 5.41) is 3.35. The SMILES string of the molecule is c1cn(CCCO[C@H]2CCCNC2)cn1. The minimum absolute atomic E-state index is 0.432. The number of imidazole rings is 1. The first kappa shape index (κ1) is 10.6. The number of nitrogens with one attached hydrogen (secondary N) is 1. The van der Waals surface area contributed by atoms with Crippen molar-refractivity contribution in [3.63, 3.8) is 0 Å². The number of ether oxygens (including phenoxy) is 1. The summed E-state index contributed by atoms with van der Waals surface area (Å²) in [7, 11) is 0. The van der Waals surface area contributed by atoms with Crippen molar-refractivity contribution in [3.8, 4) is 0 Å². The minimum Gasteiger partial charge on any atom is -0.377 e. The second-order valence-corrected chi connectivity index (χ2v) is 3.99. The van der Waals surface area contributed by atoms with Crippen LogP contribution in [0.5, 0.6) is 0 Å². The molecule has 4 heteroatoms. The van der Waals surface area contributed by atoms with Crippen molar-refractivity contribution >= 4 is 0 Å². The maximum Gasteiger partial charge on any atom is 0.0945 e. The largest absolute Gasteiger partial charge is 0.377 e. The van der Waals surface area contributed by atoms with Gasteiger partial charge in [0.15, 0.2) is 0 Å². The molecule has 84 valence electrons. The molecule has 1 N–H and O–H groups in total. The summed E-state index contributed by atoms with van der Waals surface area (Å²) in [4.78, 5) is 4.00. The van der Waals surface area contributed by atoms with E-state index >= 15 is 0 Å². The summed E-state index contributed by atoms with van der Waals surface area (Å²) in [5.41, 5.74) is 0. The lowest BCUT2D eigenvalue weighted by molar-refractivity contribution is 0.0341. The maximum absolute atomic E-state index is 5.78. The molecule has 0 radical (unpaired) electrons. The van der Waals surface area contributed by atoms with E-state index in [0.29, 0.717) is 6.10 Å². The Balaban J connectivity index is 1.54. The summed E-state index contributed by atoms with van der Waals surface area (Å²) in [6.07, 6.45) is 9.59. The fourth-order valence-corrected chi connectivity index (χ4v) is 1.88. The van der Waals surface area contributed by atoms with Crippen LogP contribution in [0.3, 0.4) is 0 Å². The quantitative estimate of drug-likeness (QED) is 0.736. The van der Waals surface area contributed by atoms with Crippen molar-refractivity contribution in [2.75, 3.05) is 19.7 Å². The molecule has 0 amide bonds. The van der Waals surface area contributed by atoms with Crippen LogP contribution in [0.1, 0.15) is 19.3 Å². The zero-order valence-corrected chi connectivity index (χ0v) is 9.06. The van der Waals surface area contributed by atoms with Crippen molar-refractivity contribution in [2.45, 2.75) is 31.9 Å². The van der Waals surface area contributed by atoms with E-state index < -0.39 is 0 Å². The smallest absolute Gasteiger partial charge is 0.0945 e. The van der Waals surface area contributed by atoms with Gasteiger partial charge in [-0.05, 0) is 25.8 Å². The zero-order chi connectivity index (χ0) is 10.3. The predicted octanol–water partition coefficient (Wildman–Crippen LogP) is 1.04. The lowest BCUT2D eigenvalue weighted by Crippen LogP contribution is -2.35. The van der Waals surface area contributed by atoms with Gasteiger partial charge in [-0.1, -0.05) is 0 Å². The van der Waals surface area contributed by atoms with Crippen molar-refractivity contribution in [3.05, 3.63) is 18.7 Å². The summed E-state index contributed by atoms with van der Waals surface area (Å²) in [5.74, 6) is 0. The molecule has 0 unspecified atom stereocenters. The van der Waals surface area contributed by atoms with Crippen LogP contribution in [-0.2, 0) is 11.3 Å². The van der Waals surface area contributed by atoms with Gasteiger partial charge in [0.05, 0.1) is 12.4 Å². The minimum atomic E-state index is 0.432. The van der Waals surface area contributed by atoms with Gasteiger partial charge in [0.1, 0.15) is 0 Å². The highest BCUT2D eigenvalue weighted by Gasteiger charge is 2.12. The van der Waals surface area contributed by atoms with Crippen LogP contribution in [0.4, 0.5) is 0 Å². The van der Waals surface area contributed by atoms with Gasteiger partial charge in [-0.25, -0.2) is 4.98 Å². The molecule has 1 atom stereocenters. The van der Waals surface area contributed by atoms with E-state index in [-0.39, 0.29) is 0 Å². The third-order valence-corrected chi connectivity index (χ3v) is 2.73. The molecule has 1 aromatic heterocycles. The van der Waals surface area contributed by atoms with E-state index in [1.165, 1.54) is 12.8 Å². The van der Waals surface area contributed by atoms with Crippen LogP contribution >= 0.6 is 0 Å². The fourth-order valence-electron chi connectivity index (χ4n) is 1.88. The number of aryl methyl sites for hydroxylation is 1. The molecule has 0 aliphatic carbocycles. The van der Waals surface area contributed by atoms with Gasteiger partial charge in [-0.2, -0.15) is 0 Å². The lowest BCUT2D eigenvalue weighted by Gasteiger charge is -2.23. The molecular formula is C11H19N3O. The molecule has 1 saturated heterocycles. The molecular weight excluding hydrogens is 190 g/mol. The Kier molecular flexibility index (Phi) is 4.17. The first-order chi connectivity index (χ1) is 7.45. The molecule has 0 spiro atoms. The predicted molar refractivity (Wildman–Crippen MR) is 58.7 cm³/mol. The van der Waals surface area contributed by atoms with Crippen LogP contribution < -0.4 is 5.32 Å². The third-order valence-electron chi connectivity index (χ3n) is 2.73. The number of hydrogen-bond donors (Lipinski definition) is 1. The molecule has 1 aliphatic rings. The maximum atomic E-state index is 5.78. The topological polar surface area (TPSA) is 39.1 Å². The monoisotopic (exact) mass is 209 g/mol. The Morgan fingerprint density at radius 1 is 1.53 bits per heavy atom. The van der Waals surface area contributed by atoms with Crippen molar-refractivity contribution in [1.82, 2.24) is 14.9 Å². The molecule has 4 nitrogen and oxygen atoms in total. The van der Waals surface area contributed by atoms with Gasteiger partial charge >= 0.3 is 0 Å². The average Bonchev–Trinajstić information content (AvgIpc) is 2.79. The van der Waals surface area contributed by atoms with Crippen molar-refractivity contribution in [2.24, 2.45) is 0 Å². The van der Waals surface area contributed by atoms with Gasteiger partial charge in [0, 0.05) is 32.1 Å².